The van der Waals surface area contributed by atoms with Crippen LogP contribution in [0, 0.1) is 17.8 Å². The molecule has 0 aromatic carbocycles. The Morgan fingerprint density at radius 1 is 1.35 bits per heavy atom. The SMILES string of the molecule is CCN(CC(C)CN)C(=O)C1CCC(C)CC1. The zero-order chi connectivity index (χ0) is 12.8. The maximum atomic E-state index is 12.4. The van der Waals surface area contributed by atoms with E-state index in [0.717, 1.165) is 31.8 Å². The third-order valence-corrected chi connectivity index (χ3v) is 3.99. The predicted octanol–water partition coefficient (Wildman–Crippen LogP) is 2.26. The average Bonchev–Trinajstić information content (AvgIpc) is 2.35. The monoisotopic (exact) mass is 240 g/mol. The summed E-state index contributed by atoms with van der Waals surface area (Å²) >= 11 is 0. The van der Waals surface area contributed by atoms with Crippen LogP contribution in [0.25, 0.3) is 0 Å². The molecule has 1 atom stereocenters. The first kappa shape index (κ1) is 14.5. The van der Waals surface area contributed by atoms with E-state index in [1.807, 2.05) is 4.90 Å². The van der Waals surface area contributed by atoms with Crippen LogP contribution in [0.1, 0.15) is 46.5 Å². The molecule has 1 saturated carbocycles. The maximum Gasteiger partial charge on any atom is 0.225 e. The van der Waals surface area contributed by atoms with Crippen LogP contribution in [0.2, 0.25) is 0 Å². The van der Waals surface area contributed by atoms with Crippen LogP contribution < -0.4 is 5.73 Å². The van der Waals surface area contributed by atoms with Crippen LogP contribution in [-0.4, -0.2) is 30.4 Å². The van der Waals surface area contributed by atoms with Gasteiger partial charge < -0.3 is 10.6 Å². The first-order valence-electron chi connectivity index (χ1n) is 7.07. The Bertz CT molecular complexity index is 234. The van der Waals surface area contributed by atoms with Crippen LogP contribution >= 0.6 is 0 Å². The summed E-state index contributed by atoms with van der Waals surface area (Å²) in [5, 5.41) is 0. The number of hydrogen-bond acceptors (Lipinski definition) is 2. The summed E-state index contributed by atoms with van der Waals surface area (Å²) in [6.45, 7) is 8.75. The highest BCUT2D eigenvalue weighted by atomic mass is 16.2. The van der Waals surface area contributed by atoms with Gasteiger partial charge in [0.25, 0.3) is 0 Å². The summed E-state index contributed by atoms with van der Waals surface area (Å²) < 4.78 is 0. The first-order chi connectivity index (χ1) is 8.08. The van der Waals surface area contributed by atoms with E-state index >= 15 is 0 Å². The fraction of sp³-hybridized carbons (Fsp3) is 0.929. The molecule has 0 heterocycles. The lowest BCUT2D eigenvalue weighted by molar-refractivity contribution is -0.137. The van der Waals surface area contributed by atoms with Crippen molar-refractivity contribution in [3.05, 3.63) is 0 Å². The lowest BCUT2D eigenvalue weighted by Crippen LogP contribution is -2.41. The van der Waals surface area contributed by atoms with E-state index in [2.05, 4.69) is 20.8 Å². The van der Waals surface area contributed by atoms with Gasteiger partial charge in [0, 0.05) is 19.0 Å². The lowest BCUT2D eigenvalue weighted by atomic mass is 9.82. The molecule has 0 bridgehead atoms. The Labute approximate surface area is 106 Å². The van der Waals surface area contributed by atoms with Gasteiger partial charge in [-0.1, -0.05) is 13.8 Å². The van der Waals surface area contributed by atoms with Crippen molar-refractivity contribution in [3.63, 3.8) is 0 Å². The molecule has 3 nitrogen and oxygen atoms in total. The minimum atomic E-state index is 0.274. The molecule has 0 saturated heterocycles. The Kier molecular flexibility index (Phi) is 5.96. The normalized spacial score (nSPS) is 26.6. The quantitative estimate of drug-likeness (QED) is 0.801. The van der Waals surface area contributed by atoms with Crippen molar-refractivity contribution in [2.45, 2.75) is 46.5 Å². The van der Waals surface area contributed by atoms with Crippen LogP contribution in [0.15, 0.2) is 0 Å². The molecule has 1 rings (SSSR count). The van der Waals surface area contributed by atoms with E-state index in [1.165, 1.54) is 12.8 Å². The van der Waals surface area contributed by atoms with Crippen molar-refractivity contribution in [1.29, 1.82) is 0 Å². The Balaban J connectivity index is 2.48. The van der Waals surface area contributed by atoms with Crippen LogP contribution in [0.3, 0.4) is 0 Å². The Morgan fingerprint density at radius 3 is 2.41 bits per heavy atom. The highest BCUT2D eigenvalue weighted by molar-refractivity contribution is 5.78. The van der Waals surface area contributed by atoms with Gasteiger partial charge in [0.05, 0.1) is 0 Å². The van der Waals surface area contributed by atoms with E-state index in [1.54, 1.807) is 0 Å². The van der Waals surface area contributed by atoms with E-state index in [9.17, 15) is 4.79 Å². The number of carbonyl (C=O) groups excluding carboxylic acids is 1. The molecule has 100 valence electrons. The largest absolute Gasteiger partial charge is 0.342 e. The van der Waals surface area contributed by atoms with E-state index < -0.39 is 0 Å². The van der Waals surface area contributed by atoms with Crippen molar-refractivity contribution in [1.82, 2.24) is 4.90 Å². The lowest BCUT2D eigenvalue weighted by Gasteiger charge is -2.31. The van der Waals surface area contributed by atoms with Gasteiger partial charge in [-0.2, -0.15) is 0 Å². The van der Waals surface area contributed by atoms with Crippen LogP contribution in [-0.2, 0) is 4.79 Å². The second-order valence-electron chi connectivity index (χ2n) is 5.67. The molecular formula is C14H28N2O. The zero-order valence-corrected chi connectivity index (χ0v) is 11.6. The first-order valence-corrected chi connectivity index (χ1v) is 7.07. The summed E-state index contributed by atoms with van der Waals surface area (Å²) in [5.41, 5.74) is 5.63. The summed E-state index contributed by atoms with van der Waals surface area (Å²) in [5.74, 6) is 1.84. The molecule has 1 unspecified atom stereocenters. The Hall–Kier alpha value is -0.570. The molecule has 17 heavy (non-hydrogen) atoms. The molecule has 0 aromatic heterocycles. The topological polar surface area (TPSA) is 46.3 Å². The molecule has 1 amide bonds. The van der Waals surface area contributed by atoms with Gasteiger partial charge in [-0.15, -0.1) is 0 Å². The van der Waals surface area contributed by atoms with Crippen molar-refractivity contribution in [2.24, 2.45) is 23.5 Å². The second kappa shape index (κ2) is 7.00. The highest BCUT2D eigenvalue weighted by Crippen LogP contribution is 2.29. The van der Waals surface area contributed by atoms with E-state index in [4.69, 9.17) is 5.73 Å². The minimum absolute atomic E-state index is 0.274. The number of amides is 1. The van der Waals surface area contributed by atoms with Gasteiger partial charge in [0.2, 0.25) is 5.91 Å². The summed E-state index contributed by atoms with van der Waals surface area (Å²) in [6.07, 6.45) is 4.57. The molecule has 1 aliphatic rings. The predicted molar refractivity (Wildman–Crippen MR) is 71.6 cm³/mol. The number of carbonyl (C=O) groups is 1. The minimum Gasteiger partial charge on any atom is -0.342 e. The molecule has 1 aliphatic carbocycles. The number of nitrogens with zero attached hydrogens (tertiary/aromatic N) is 1. The number of nitrogens with two attached hydrogens (primary N) is 1. The van der Waals surface area contributed by atoms with Crippen molar-refractivity contribution in [2.75, 3.05) is 19.6 Å². The zero-order valence-electron chi connectivity index (χ0n) is 11.6. The third kappa shape index (κ3) is 4.30. The average molecular weight is 240 g/mol. The molecule has 0 aromatic rings. The fourth-order valence-corrected chi connectivity index (χ4v) is 2.59. The maximum absolute atomic E-state index is 12.4. The molecule has 1 fully saturated rings. The molecule has 0 spiro atoms. The smallest absolute Gasteiger partial charge is 0.225 e. The summed E-state index contributed by atoms with van der Waals surface area (Å²) in [4.78, 5) is 14.4. The van der Waals surface area contributed by atoms with Crippen molar-refractivity contribution >= 4 is 5.91 Å². The number of rotatable bonds is 5. The second-order valence-corrected chi connectivity index (χ2v) is 5.67. The molecule has 0 radical (unpaired) electrons. The van der Waals surface area contributed by atoms with Gasteiger partial charge in [-0.05, 0) is 51.0 Å². The van der Waals surface area contributed by atoms with E-state index in [0.29, 0.717) is 18.4 Å². The summed E-state index contributed by atoms with van der Waals surface area (Å²) in [6, 6.07) is 0. The van der Waals surface area contributed by atoms with Crippen molar-refractivity contribution in [3.8, 4) is 0 Å². The van der Waals surface area contributed by atoms with Crippen LogP contribution in [0.5, 0.6) is 0 Å². The summed E-state index contributed by atoms with van der Waals surface area (Å²) in [7, 11) is 0. The van der Waals surface area contributed by atoms with Gasteiger partial charge in [-0.3, -0.25) is 4.79 Å². The molecular weight excluding hydrogens is 212 g/mol. The standard InChI is InChI=1S/C14H28N2O/c1-4-16(10-12(3)9-15)14(17)13-7-5-11(2)6-8-13/h11-13H,4-10,15H2,1-3H3. The van der Waals surface area contributed by atoms with E-state index in [-0.39, 0.29) is 5.92 Å². The fourth-order valence-electron chi connectivity index (χ4n) is 2.59. The Morgan fingerprint density at radius 2 is 1.94 bits per heavy atom. The highest BCUT2D eigenvalue weighted by Gasteiger charge is 2.27. The van der Waals surface area contributed by atoms with Gasteiger partial charge in [-0.25, -0.2) is 0 Å². The van der Waals surface area contributed by atoms with Gasteiger partial charge in [0.1, 0.15) is 0 Å². The van der Waals surface area contributed by atoms with Gasteiger partial charge in [0.15, 0.2) is 0 Å². The molecule has 2 N–H and O–H groups in total. The molecule has 3 heteroatoms. The molecule has 0 aliphatic heterocycles. The van der Waals surface area contributed by atoms with Crippen LogP contribution in [0.4, 0.5) is 0 Å². The third-order valence-electron chi connectivity index (χ3n) is 3.99. The number of hydrogen-bond donors (Lipinski definition) is 1. The van der Waals surface area contributed by atoms with Gasteiger partial charge >= 0.3 is 0 Å². The van der Waals surface area contributed by atoms with Crippen molar-refractivity contribution < 1.29 is 4.79 Å².